The summed E-state index contributed by atoms with van der Waals surface area (Å²) in [6.45, 7) is 1.89. The molecule has 158 valence electrons. The Morgan fingerprint density at radius 1 is 1.16 bits per heavy atom. The Bertz CT molecular complexity index is 1090. The van der Waals surface area contributed by atoms with Crippen molar-refractivity contribution in [2.24, 2.45) is 11.8 Å². The average Bonchev–Trinajstić information content (AvgIpc) is 3.43. The molecule has 4 atom stereocenters. The van der Waals surface area contributed by atoms with E-state index < -0.39 is 23.5 Å². The van der Waals surface area contributed by atoms with Crippen LogP contribution in [0.5, 0.6) is 11.5 Å². The highest BCUT2D eigenvalue weighted by Gasteiger charge is 2.66. The number of rotatable bonds is 4. The van der Waals surface area contributed by atoms with Crippen LogP contribution >= 0.6 is 0 Å². The number of fused-ring (bicyclic) bond motifs is 2. The van der Waals surface area contributed by atoms with E-state index in [0.29, 0.717) is 43.5 Å². The Morgan fingerprint density at radius 3 is 2.81 bits per heavy atom. The molecule has 0 radical (unpaired) electrons. The number of amides is 2. The molecule has 2 amide bonds. The molecule has 8 heteroatoms. The summed E-state index contributed by atoms with van der Waals surface area (Å²) in [5.41, 5.74) is 0.869. The zero-order valence-corrected chi connectivity index (χ0v) is 16.7. The van der Waals surface area contributed by atoms with E-state index in [1.165, 1.54) is 0 Å². The molecular weight excluding hydrogens is 398 g/mol. The van der Waals surface area contributed by atoms with Gasteiger partial charge in [0.1, 0.15) is 18.8 Å². The Balaban J connectivity index is 1.23. The minimum atomic E-state index is -0.733. The van der Waals surface area contributed by atoms with Gasteiger partial charge in [-0.3, -0.25) is 14.6 Å². The minimum absolute atomic E-state index is 0.0500. The first-order chi connectivity index (χ1) is 15.1. The maximum absolute atomic E-state index is 13.3. The predicted octanol–water partition coefficient (Wildman–Crippen LogP) is 1.77. The SMILES string of the molecule is O=C(Nc1ccc2c(c1)OCCO2)C1C2C=C[C@@]3(CN(Cc4ccncc4)C(=O)C13)O2. The maximum atomic E-state index is 13.3. The van der Waals surface area contributed by atoms with Gasteiger partial charge in [0.25, 0.3) is 0 Å². The van der Waals surface area contributed by atoms with Crippen LogP contribution in [0.3, 0.4) is 0 Å². The highest BCUT2D eigenvalue weighted by Crippen LogP contribution is 2.52. The Hall–Kier alpha value is -3.39. The monoisotopic (exact) mass is 419 g/mol. The summed E-state index contributed by atoms with van der Waals surface area (Å²) in [7, 11) is 0. The summed E-state index contributed by atoms with van der Waals surface area (Å²) in [4.78, 5) is 32.4. The second kappa shape index (κ2) is 6.81. The molecule has 3 unspecified atom stereocenters. The molecule has 2 fully saturated rings. The van der Waals surface area contributed by atoms with Crippen molar-refractivity contribution < 1.29 is 23.8 Å². The fourth-order valence-electron chi connectivity index (χ4n) is 5.07. The van der Waals surface area contributed by atoms with Crippen molar-refractivity contribution in [2.45, 2.75) is 18.2 Å². The van der Waals surface area contributed by atoms with Gasteiger partial charge in [0, 0.05) is 30.7 Å². The van der Waals surface area contributed by atoms with E-state index in [1.54, 1.807) is 35.5 Å². The second-order valence-electron chi connectivity index (χ2n) is 8.30. The van der Waals surface area contributed by atoms with E-state index in [0.717, 1.165) is 5.56 Å². The topological polar surface area (TPSA) is 90.0 Å². The number of anilines is 1. The van der Waals surface area contributed by atoms with Gasteiger partial charge in [-0.2, -0.15) is 0 Å². The van der Waals surface area contributed by atoms with Gasteiger partial charge in [0.2, 0.25) is 11.8 Å². The van der Waals surface area contributed by atoms with Crippen molar-refractivity contribution in [3.63, 3.8) is 0 Å². The van der Waals surface area contributed by atoms with Crippen LogP contribution < -0.4 is 14.8 Å². The first kappa shape index (κ1) is 18.4. The lowest BCUT2D eigenvalue weighted by molar-refractivity contribution is -0.136. The van der Waals surface area contributed by atoms with Gasteiger partial charge >= 0.3 is 0 Å². The van der Waals surface area contributed by atoms with Crippen LogP contribution in [0, 0.1) is 11.8 Å². The summed E-state index contributed by atoms with van der Waals surface area (Å²) in [5, 5.41) is 2.95. The molecule has 2 saturated heterocycles. The molecule has 8 nitrogen and oxygen atoms in total. The van der Waals surface area contributed by atoms with Crippen LogP contribution in [-0.4, -0.2) is 53.2 Å². The lowest BCUT2D eigenvalue weighted by Crippen LogP contribution is -2.41. The van der Waals surface area contributed by atoms with Gasteiger partial charge in [-0.15, -0.1) is 0 Å². The summed E-state index contributed by atoms with van der Waals surface area (Å²) in [6, 6.07) is 9.08. The maximum Gasteiger partial charge on any atom is 0.231 e. The third-order valence-corrected chi connectivity index (χ3v) is 6.41. The molecule has 2 aromatic rings. The van der Waals surface area contributed by atoms with E-state index in [4.69, 9.17) is 14.2 Å². The van der Waals surface area contributed by atoms with E-state index >= 15 is 0 Å². The number of hydrogen-bond donors (Lipinski definition) is 1. The van der Waals surface area contributed by atoms with Crippen LogP contribution in [0.4, 0.5) is 5.69 Å². The number of pyridine rings is 1. The highest BCUT2D eigenvalue weighted by molar-refractivity contribution is 5.99. The number of benzene rings is 1. The van der Waals surface area contributed by atoms with Crippen LogP contribution in [0.15, 0.2) is 54.9 Å². The molecule has 0 aliphatic carbocycles. The predicted molar refractivity (Wildman–Crippen MR) is 109 cm³/mol. The lowest BCUT2D eigenvalue weighted by atomic mass is 9.77. The summed E-state index contributed by atoms with van der Waals surface area (Å²) < 4.78 is 17.3. The largest absolute Gasteiger partial charge is 0.486 e. The van der Waals surface area contributed by atoms with Gasteiger partial charge in [0.05, 0.1) is 24.5 Å². The minimum Gasteiger partial charge on any atom is -0.486 e. The Morgan fingerprint density at radius 2 is 1.97 bits per heavy atom. The molecule has 4 aliphatic rings. The van der Waals surface area contributed by atoms with Crippen molar-refractivity contribution in [1.29, 1.82) is 0 Å². The first-order valence-corrected chi connectivity index (χ1v) is 10.4. The molecular formula is C23H21N3O5. The standard InChI is InChI=1S/C23H21N3O5/c27-21(25-15-1-2-16-18(11-15)30-10-9-29-16)19-17-3-6-23(31-17)13-26(22(28)20(19)23)12-14-4-7-24-8-5-14/h1-8,11,17,19-20H,9-10,12-13H2,(H,25,27)/t17?,19?,20?,23-/m0/s1. The van der Waals surface area contributed by atoms with Gasteiger partial charge < -0.3 is 24.4 Å². The summed E-state index contributed by atoms with van der Waals surface area (Å²) >= 11 is 0. The number of nitrogens with one attached hydrogen (secondary N) is 1. The molecule has 1 spiro atoms. The van der Waals surface area contributed by atoms with Crippen molar-refractivity contribution in [1.82, 2.24) is 9.88 Å². The number of ether oxygens (including phenoxy) is 3. The average molecular weight is 419 g/mol. The Kier molecular flexibility index (Phi) is 4.04. The zero-order valence-electron chi connectivity index (χ0n) is 16.7. The molecule has 1 aromatic heterocycles. The lowest BCUT2D eigenvalue weighted by Gasteiger charge is -2.24. The van der Waals surface area contributed by atoms with Crippen LogP contribution in [0.1, 0.15) is 5.56 Å². The molecule has 31 heavy (non-hydrogen) atoms. The highest BCUT2D eigenvalue weighted by atomic mass is 16.6. The van der Waals surface area contributed by atoms with Crippen molar-refractivity contribution in [3.8, 4) is 11.5 Å². The molecule has 1 aromatic carbocycles. The van der Waals surface area contributed by atoms with Gasteiger partial charge in [-0.05, 0) is 29.8 Å². The van der Waals surface area contributed by atoms with Crippen LogP contribution in [-0.2, 0) is 20.9 Å². The van der Waals surface area contributed by atoms with Gasteiger partial charge in [0.15, 0.2) is 11.5 Å². The van der Waals surface area contributed by atoms with Crippen molar-refractivity contribution in [3.05, 3.63) is 60.4 Å². The second-order valence-corrected chi connectivity index (χ2v) is 8.30. The van der Waals surface area contributed by atoms with E-state index in [-0.39, 0.29) is 11.8 Å². The third kappa shape index (κ3) is 2.90. The number of carbonyl (C=O) groups is 2. The molecule has 0 saturated carbocycles. The molecule has 2 bridgehead atoms. The van der Waals surface area contributed by atoms with Gasteiger partial charge in [-0.25, -0.2) is 0 Å². The smallest absolute Gasteiger partial charge is 0.231 e. The van der Waals surface area contributed by atoms with E-state index in [9.17, 15) is 9.59 Å². The zero-order chi connectivity index (χ0) is 21.0. The molecule has 5 heterocycles. The van der Waals surface area contributed by atoms with E-state index in [2.05, 4.69) is 10.3 Å². The number of likely N-dealkylation sites (tertiary alicyclic amines) is 1. The number of nitrogens with zero attached hydrogens (tertiary/aromatic N) is 2. The normalized spacial score (nSPS) is 29.9. The third-order valence-electron chi connectivity index (χ3n) is 6.41. The number of hydrogen-bond acceptors (Lipinski definition) is 6. The van der Waals surface area contributed by atoms with E-state index in [1.807, 2.05) is 24.3 Å². The fraction of sp³-hybridized carbons (Fsp3) is 0.348. The van der Waals surface area contributed by atoms with Gasteiger partial charge in [-0.1, -0.05) is 12.2 Å². The number of aromatic nitrogens is 1. The molecule has 4 aliphatic heterocycles. The summed E-state index contributed by atoms with van der Waals surface area (Å²) in [6.07, 6.45) is 6.89. The summed E-state index contributed by atoms with van der Waals surface area (Å²) in [5.74, 6) is -0.116. The van der Waals surface area contributed by atoms with Crippen LogP contribution in [0.25, 0.3) is 0 Å². The quantitative estimate of drug-likeness (QED) is 0.760. The van der Waals surface area contributed by atoms with Crippen LogP contribution in [0.2, 0.25) is 0 Å². The Labute approximate surface area is 178 Å². The number of carbonyl (C=O) groups excluding carboxylic acids is 2. The van der Waals surface area contributed by atoms with Crippen molar-refractivity contribution >= 4 is 17.5 Å². The molecule has 6 rings (SSSR count). The fourth-order valence-corrected chi connectivity index (χ4v) is 5.07. The molecule has 1 N–H and O–H groups in total. The van der Waals surface area contributed by atoms with Crippen molar-refractivity contribution in [2.75, 3.05) is 25.1 Å². The first-order valence-electron chi connectivity index (χ1n) is 10.4.